The molecule has 0 spiro atoms. The van der Waals surface area contributed by atoms with Gasteiger partial charge in [0.05, 0.1) is 17.9 Å². The highest BCUT2D eigenvalue weighted by Crippen LogP contribution is 2.35. The van der Waals surface area contributed by atoms with Crippen molar-refractivity contribution in [1.82, 2.24) is 15.0 Å². The Hall–Kier alpha value is -3.77. The van der Waals surface area contributed by atoms with Gasteiger partial charge in [-0.05, 0) is 38.1 Å². The van der Waals surface area contributed by atoms with Gasteiger partial charge in [-0.25, -0.2) is 9.48 Å². The molecule has 1 aromatic carbocycles. The van der Waals surface area contributed by atoms with Crippen LogP contribution in [0.5, 0.6) is 0 Å². The number of anilines is 3. The number of carbonyl (C=O) groups is 2. The number of aryl methyl sites for hydroxylation is 1. The van der Waals surface area contributed by atoms with Crippen LogP contribution in [0, 0.1) is 12.3 Å². The van der Waals surface area contributed by atoms with Crippen molar-refractivity contribution < 1.29 is 14.3 Å². The molecular weight excluding hydrogens is 432 g/mol. The van der Waals surface area contributed by atoms with Crippen LogP contribution in [0.1, 0.15) is 13.8 Å². The smallest absolute Gasteiger partial charge is 0.413 e. The number of amides is 2. The number of nitrogens with one attached hydrogen (secondary N) is 2. The normalized spacial score (nSPS) is 14.9. The van der Waals surface area contributed by atoms with Gasteiger partial charge in [-0.2, -0.15) is 0 Å². The molecule has 0 fully saturated rings. The van der Waals surface area contributed by atoms with E-state index in [0.717, 1.165) is 11.3 Å². The highest BCUT2D eigenvalue weighted by molar-refractivity contribution is 6.29. The average Bonchev–Trinajstić information content (AvgIpc) is 3.07. The second-order valence-electron chi connectivity index (χ2n) is 7.21. The van der Waals surface area contributed by atoms with Gasteiger partial charge in [0.25, 0.3) is 0 Å². The minimum absolute atomic E-state index is 0.0795. The summed E-state index contributed by atoms with van der Waals surface area (Å²) in [5, 5.41) is 14.2. The zero-order chi connectivity index (χ0) is 23.4. The lowest BCUT2D eigenvalue weighted by atomic mass is 10.1. The van der Waals surface area contributed by atoms with Crippen molar-refractivity contribution in [2.45, 2.75) is 20.0 Å². The molecule has 0 unspecified atom stereocenters. The van der Waals surface area contributed by atoms with Crippen LogP contribution in [-0.2, 0) is 16.6 Å². The van der Waals surface area contributed by atoms with Gasteiger partial charge < -0.3 is 15.0 Å². The van der Waals surface area contributed by atoms with Gasteiger partial charge >= 0.3 is 6.09 Å². The molecule has 0 radical (unpaired) electrons. The minimum Gasteiger partial charge on any atom is -0.441 e. The molecular formula is C22H23ClN6O3. The Balaban J connectivity index is 1.83. The van der Waals surface area contributed by atoms with Gasteiger partial charge in [-0.3, -0.25) is 10.1 Å². The van der Waals surface area contributed by atoms with E-state index in [4.69, 9.17) is 22.8 Å². The summed E-state index contributed by atoms with van der Waals surface area (Å²) in [7, 11) is 3.48. The Morgan fingerprint density at radius 1 is 1.44 bits per heavy atom. The first kappa shape index (κ1) is 22.9. The predicted molar refractivity (Wildman–Crippen MR) is 124 cm³/mol. The molecule has 1 aliphatic heterocycles. The zero-order valence-corrected chi connectivity index (χ0v) is 18.9. The molecule has 10 heteroatoms. The van der Waals surface area contributed by atoms with Crippen LogP contribution < -0.4 is 15.5 Å². The molecule has 0 aliphatic carbocycles. The number of aromatic nitrogens is 3. The van der Waals surface area contributed by atoms with Gasteiger partial charge in [0.1, 0.15) is 11.8 Å². The maximum atomic E-state index is 12.6. The van der Waals surface area contributed by atoms with E-state index in [1.165, 1.54) is 10.8 Å². The van der Waals surface area contributed by atoms with Crippen molar-refractivity contribution >= 4 is 40.8 Å². The summed E-state index contributed by atoms with van der Waals surface area (Å²) in [4.78, 5) is 26.2. The van der Waals surface area contributed by atoms with Crippen LogP contribution in [0.25, 0.3) is 11.3 Å². The summed E-state index contributed by atoms with van der Waals surface area (Å²) >= 11 is 6.10. The standard InChI is InChI=1S/C22H23ClN6O3/c1-6-7-8-16(13(2)23)14(3)32-22(31)25-21-20(26-27-29(21)5)15-9-10-17-18(11-15)28(4)12-19(30)24-17/h1,7-11,14H,12H2,2-5H3,(H,24,30)(H,25,31)/b8-7-,16-13-/t14-/m1/s1. The van der Waals surface area contributed by atoms with E-state index >= 15 is 0 Å². The summed E-state index contributed by atoms with van der Waals surface area (Å²) in [6.45, 7) is 3.63. The number of rotatable bonds is 5. The van der Waals surface area contributed by atoms with Crippen LogP contribution in [0.15, 0.2) is 41.0 Å². The highest BCUT2D eigenvalue weighted by Gasteiger charge is 2.23. The first-order chi connectivity index (χ1) is 15.2. The first-order valence-electron chi connectivity index (χ1n) is 9.73. The highest BCUT2D eigenvalue weighted by atomic mass is 35.5. The molecule has 1 aromatic heterocycles. The van der Waals surface area contributed by atoms with Gasteiger partial charge in [0, 0.05) is 30.3 Å². The van der Waals surface area contributed by atoms with E-state index in [1.54, 1.807) is 39.1 Å². The monoisotopic (exact) mass is 454 g/mol. The summed E-state index contributed by atoms with van der Waals surface area (Å²) < 4.78 is 6.91. The van der Waals surface area contributed by atoms with E-state index in [0.29, 0.717) is 27.8 Å². The minimum atomic E-state index is -0.698. The lowest BCUT2D eigenvalue weighted by Gasteiger charge is -2.27. The second kappa shape index (κ2) is 9.58. The largest absolute Gasteiger partial charge is 0.441 e. The number of terminal acetylenes is 1. The lowest BCUT2D eigenvalue weighted by molar-refractivity contribution is -0.115. The molecule has 9 nitrogen and oxygen atoms in total. The zero-order valence-electron chi connectivity index (χ0n) is 18.1. The average molecular weight is 455 g/mol. The first-order valence-corrected chi connectivity index (χ1v) is 10.1. The Morgan fingerprint density at radius 3 is 2.88 bits per heavy atom. The molecule has 0 saturated heterocycles. The van der Waals surface area contributed by atoms with Crippen molar-refractivity contribution in [3.63, 3.8) is 0 Å². The number of allylic oxidation sites excluding steroid dienone is 2. The van der Waals surface area contributed by atoms with E-state index in [-0.39, 0.29) is 12.5 Å². The van der Waals surface area contributed by atoms with Crippen molar-refractivity contribution in [3.8, 4) is 23.6 Å². The number of hydrogen-bond donors (Lipinski definition) is 2. The third-order valence-corrected chi connectivity index (χ3v) is 5.08. The number of hydrogen-bond acceptors (Lipinski definition) is 6. The fourth-order valence-electron chi connectivity index (χ4n) is 3.30. The van der Waals surface area contributed by atoms with Crippen LogP contribution in [-0.4, -0.2) is 46.7 Å². The molecule has 3 rings (SSSR count). The summed E-state index contributed by atoms with van der Waals surface area (Å²) in [5.74, 6) is 2.66. The molecule has 32 heavy (non-hydrogen) atoms. The topological polar surface area (TPSA) is 101 Å². The Labute approximate surface area is 191 Å². The fourth-order valence-corrected chi connectivity index (χ4v) is 3.52. The lowest BCUT2D eigenvalue weighted by Crippen LogP contribution is -2.35. The molecule has 0 saturated carbocycles. The maximum Gasteiger partial charge on any atom is 0.413 e. The summed E-state index contributed by atoms with van der Waals surface area (Å²) in [5.41, 5.74) is 3.31. The summed E-state index contributed by atoms with van der Waals surface area (Å²) in [6, 6.07) is 5.46. The third kappa shape index (κ3) is 4.92. The number of carbonyl (C=O) groups excluding carboxylic acids is 2. The number of ether oxygens (including phenoxy) is 1. The number of likely N-dealkylation sites (N-methyl/N-ethyl adjacent to an activating group) is 1. The van der Waals surface area contributed by atoms with Crippen LogP contribution >= 0.6 is 11.6 Å². The van der Waals surface area contributed by atoms with Crippen molar-refractivity contribution in [2.75, 3.05) is 29.1 Å². The van der Waals surface area contributed by atoms with E-state index in [9.17, 15) is 9.59 Å². The molecule has 2 heterocycles. The van der Waals surface area contributed by atoms with Gasteiger partial charge in [-0.1, -0.05) is 28.8 Å². The van der Waals surface area contributed by atoms with Crippen molar-refractivity contribution in [1.29, 1.82) is 0 Å². The number of nitrogens with zero attached hydrogens (tertiary/aromatic N) is 4. The molecule has 1 atom stereocenters. The molecule has 0 bridgehead atoms. The Morgan fingerprint density at radius 2 is 2.19 bits per heavy atom. The molecule has 166 valence electrons. The number of fused-ring (bicyclic) bond motifs is 1. The molecule has 2 N–H and O–H groups in total. The fraction of sp³-hybridized carbons (Fsp3) is 0.273. The number of benzene rings is 1. The molecule has 2 amide bonds. The second-order valence-corrected chi connectivity index (χ2v) is 7.77. The molecule has 2 aromatic rings. The predicted octanol–water partition coefficient (Wildman–Crippen LogP) is 3.51. The van der Waals surface area contributed by atoms with Gasteiger partial charge in [-0.15, -0.1) is 11.5 Å². The quantitative estimate of drug-likeness (QED) is 0.529. The Bertz CT molecular complexity index is 1160. The van der Waals surface area contributed by atoms with Crippen LogP contribution in [0.4, 0.5) is 22.0 Å². The van der Waals surface area contributed by atoms with Crippen molar-refractivity contribution in [3.05, 3.63) is 41.0 Å². The summed E-state index contributed by atoms with van der Waals surface area (Å²) in [6.07, 6.45) is 7.03. The molecule has 1 aliphatic rings. The number of halogens is 1. The SMILES string of the molecule is C#C/C=C\C(=C(/C)Cl)[C@@H](C)OC(=O)Nc1c(-c2ccc3c(c2)N(C)CC(=O)N3)nnn1C. The van der Waals surface area contributed by atoms with E-state index in [2.05, 4.69) is 26.9 Å². The van der Waals surface area contributed by atoms with Crippen LogP contribution in [0.2, 0.25) is 0 Å². The van der Waals surface area contributed by atoms with Gasteiger partial charge in [0.2, 0.25) is 5.91 Å². The van der Waals surface area contributed by atoms with Crippen LogP contribution in [0.3, 0.4) is 0 Å². The van der Waals surface area contributed by atoms with E-state index in [1.807, 2.05) is 18.0 Å². The third-order valence-electron chi connectivity index (χ3n) is 4.86. The van der Waals surface area contributed by atoms with E-state index < -0.39 is 12.2 Å². The van der Waals surface area contributed by atoms with Gasteiger partial charge in [0.15, 0.2) is 5.82 Å². The maximum absolute atomic E-state index is 12.6. The van der Waals surface area contributed by atoms with Crippen molar-refractivity contribution in [2.24, 2.45) is 7.05 Å². The Kier molecular flexibility index (Phi) is 6.85.